The highest BCUT2D eigenvalue weighted by Gasteiger charge is 2.26. The Labute approximate surface area is 82.6 Å². The Morgan fingerprint density at radius 1 is 1.36 bits per heavy atom. The van der Waals surface area contributed by atoms with Crippen LogP contribution in [0.15, 0.2) is 30.3 Å². The zero-order valence-corrected chi connectivity index (χ0v) is 7.81. The van der Waals surface area contributed by atoms with Crippen LogP contribution in [0.1, 0.15) is 12.0 Å². The number of carbonyl (C=O) groups is 1. The van der Waals surface area contributed by atoms with E-state index in [1.54, 1.807) is 0 Å². The van der Waals surface area contributed by atoms with Crippen LogP contribution in [0.5, 0.6) is 0 Å². The lowest BCUT2D eigenvalue weighted by Gasteiger charge is -2.07. The highest BCUT2D eigenvalue weighted by Crippen LogP contribution is 2.12. The number of hydrogen-bond donors (Lipinski definition) is 0. The van der Waals surface area contributed by atoms with Gasteiger partial charge in [0.2, 0.25) is 0 Å². The molecule has 1 heterocycles. The molecule has 0 unspecified atom stereocenters. The van der Waals surface area contributed by atoms with Gasteiger partial charge in [0.15, 0.2) is 6.10 Å². The van der Waals surface area contributed by atoms with E-state index < -0.39 is 0 Å². The fraction of sp³-hybridized carbons (Fsp3) is 0.364. The molecule has 0 spiro atoms. The van der Waals surface area contributed by atoms with Crippen molar-refractivity contribution in [2.45, 2.75) is 19.1 Å². The molecule has 3 nitrogen and oxygen atoms in total. The lowest BCUT2D eigenvalue weighted by Crippen LogP contribution is -2.18. The summed E-state index contributed by atoms with van der Waals surface area (Å²) >= 11 is 0. The van der Waals surface area contributed by atoms with E-state index in [1.165, 1.54) is 0 Å². The number of ether oxygens (including phenoxy) is 2. The molecule has 1 saturated heterocycles. The number of esters is 1. The van der Waals surface area contributed by atoms with Gasteiger partial charge in [0.05, 0.1) is 13.2 Å². The van der Waals surface area contributed by atoms with Crippen molar-refractivity contribution in [1.29, 1.82) is 0 Å². The Bertz CT molecular complexity index is 308. The Kier molecular flexibility index (Phi) is 2.79. The predicted molar refractivity (Wildman–Crippen MR) is 50.6 cm³/mol. The lowest BCUT2D eigenvalue weighted by atomic mass is 10.2. The molecule has 0 radical (unpaired) electrons. The Morgan fingerprint density at radius 2 is 2.14 bits per heavy atom. The molecule has 74 valence electrons. The fourth-order valence-corrected chi connectivity index (χ4v) is 1.40. The maximum absolute atomic E-state index is 11.0. The zero-order chi connectivity index (χ0) is 9.80. The number of benzene rings is 1. The summed E-state index contributed by atoms with van der Waals surface area (Å²) in [4.78, 5) is 11.0. The Hall–Kier alpha value is -1.35. The number of carbonyl (C=O) groups excluding carboxylic acids is 1. The second-order valence-electron chi connectivity index (χ2n) is 3.24. The molecule has 14 heavy (non-hydrogen) atoms. The average molecular weight is 192 g/mol. The van der Waals surface area contributed by atoms with Crippen LogP contribution in [0, 0.1) is 0 Å². The van der Waals surface area contributed by atoms with Crippen molar-refractivity contribution in [3.8, 4) is 0 Å². The average Bonchev–Trinajstić information content (AvgIpc) is 2.63. The van der Waals surface area contributed by atoms with Gasteiger partial charge in [-0.3, -0.25) is 0 Å². The minimum atomic E-state index is -0.366. The van der Waals surface area contributed by atoms with Gasteiger partial charge in [0.25, 0.3) is 0 Å². The standard InChI is InChI=1S/C11H12O3/c12-11-10(6-7-13-11)14-8-9-4-2-1-3-5-9/h1-5,10H,6-8H2/t10-/m0/s1. The van der Waals surface area contributed by atoms with E-state index in [9.17, 15) is 4.79 Å². The fourth-order valence-electron chi connectivity index (χ4n) is 1.40. The van der Waals surface area contributed by atoms with Gasteiger partial charge < -0.3 is 9.47 Å². The van der Waals surface area contributed by atoms with E-state index in [4.69, 9.17) is 9.47 Å². The van der Waals surface area contributed by atoms with Crippen LogP contribution < -0.4 is 0 Å². The van der Waals surface area contributed by atoms with E-state index in [-0.39, 0.29) is 12.1 Å². The van der Waals surface area contributed by atoms with Gasteiger partial charge in [-0.1, -0.05) is 30.3 Å². The van der Waals surface area contributed by atoms with Crippen molar-refractivity contribution < 1.29 is 14.3 Å². The van der Waals surface area contributed by atoms with Gasteiger partial charge in [0, 0.05) is 6.42 Å². The van der Waals surface area contributed by atoms with Gasteiger partial charge in [-0.05, 0) is 5.56 Å². The summed E-state index contributed by atoms with van der Waals surface area (Å²) in [6.07, 6.45) is 0.307. The minimum Gasteiger partial charge on any atom is -0.464 e. The molecule has 0 aromatic heterocycles. The third kappa shape index (κ3) is 2.12. The van der Waals surface area contributed by atoms with Gasteiger partial charge in [-0.15, -0.1) is 0 Å². The molecule has 0 aliphatic carbocycles. The molecule has 0 bridgehead atoms. The molecule has 0 saturated carbocycles. The van der Waals surface area contributed by atoms with Gasteiger partial charge in [-0.25, -0.2) is 4.79 Å². The monoisotopic (exact) mass is 192 g/mol. The van der Waals surface area contributed by atoms with E-state index in [2.05, 4.69) is 0 Å². The summed E-state index contributed by atoms with van der Waals surface area (Å²) in [7, 11) is 0. The summed E-state index contributed by atoms with van der Waals surface area (Å²) in [5, 5.41) is 0. The van der Waals surface area contributed by atoms with Gasteiger partial charge >= 0.3 is 5.97 Å². The summed E-state index contributed by atoms with van der Waals surface area (Å²) < 4.78 is 10.2. The minimum absolute atomic E-state index is 0.235. The third-order valence-electron chi connectivity index (χ3n) is 2.18. The highest BCUT2D eigenvalue weighted by atomic mass is 16.6. The largest absolute Gasteiger partial charge is 0.464 e. The molecule has 1 aromatic carbocycles. The molecular weight excluding hydrogens is 180 g/mol. The first-order chi connectivity index (χ1) is 6.86. The summed E-state index contributed by atoms with van der Waals surface area (Å²) in [5.41, 5.74) is 1.08. The van der Waals surface area contributed by atoms with Gasteiger partial charge in [-0.2, -0.15) is 0 Å². The topological polar surface area (TPSA) is 35.5 Å². The van der Waals surface area contributed by atoms with Crippen molar-refractivity contribution in [1.82, 2.24) is 0 Å². The number of hydrogen-bond acceptors (Lipinski definition) is 3. The number of cyclic esters (lactones) is 1. The molecule has 0 amide bonds. The zero-order valence-electron chi connectivity index (χ0n) is 7.81. The number of rotatable bonds is 3. The summed E-state index contributed by atoms with van der Waals surface area (Å²) in [5.74, 6) is -0.235. The molecule has 0 N–H and O–H groups in total. The maximum atomic E-state index is 11.0. The van der Waals surface area contributed by atoms with E-state index >= 15 is 0 Å². The molecule has 1 aliphatic heterocycles. The van der Waals surface area contributed by atoms with Gasteiger partial charge in [0.1, 0.15) is 0 Å². The van der Waals surface area contributed by atoms with Crippen molar-refractivity contribution in [3.63, 3.8) is 0 Å². The summed E-state index contributed by atoms with van der Waals surface area (Å²) in [6.45, 7) is 0.957. The van der Waals surface area contributed by atoms with Crippen molar-refractivity contribution in [2.24, 2.45) is 0 Å². The van der Waals surface area contributed by atoms with Crippen molar-refractivity contribution >= 4 is 5.97 Å². The Morgan fingerprint density at radius 3 is 2.79 bits per heavy atom. The first-order valence-electron chi connectivity index (χ1n) is 4.68. The quantitative estimate of drug-likeness (QED) is 0.681. The Balaban J connectivity index is 1.85. The van der Waals surface area contributed by atoms with Crippen LogP contribution >= 0.6 is 0 Å². The second-order valence-corrected chi connectivity index (χ2v) is 3.24. The highest BCUT2D eigenvalue weighted by molar-refractivity contribution is 5.76. The van der Waals surface area contributed by atoms with Crippen LogP contribution in [-0.4, -0.2) is 18.7 Å². The van der Waals surface area contributed by atoms with E-state index in [1.807, 2.05) is 30.3 Å². The smallest absolute Gasteiger partial charge is 0.335 e. The van der Waals surface area contributed by atoms with E-state index in [0.717, 1.165) is 5.56 Å². The molecule has 1 atom stereocenters. The molecule has 1 fully saturated rings. The van der Waals surface area contributed by atoms with Crippen molar-refractivity contribution in [2.75, 3.05) is 6.61 Å². The second kappa shape index (κ2) is 4.24. The third-order valence-corrected chi connectivity index (χ3v) is 2.18. The van der Waals surface area contributed by atoms with Crippen LogP contribution in [0.4, 0.5) is 0 Å². The van der Waals surface area contributed by atoms with Crippen molar-refractivity contribution in [3.05, 3.63) is 35.9 Å². The van der Waals surface area contributed by atoms with Crippen LogP contribution in [-0.2, 0) is 20.9 Å². The molecule has 1 aliphatic rings. The lowest BCUT2D eigenvalue weighted by molar-refractivity contribution is -0.147. The molecular formula is C11H12O3. The predicted octanol–water partition coefficient (Wildman–Crippen LogP) is 1.52. The molecule has 3 heteroatoms. The first-order valence-corrected chi connectivity index (χ1v) is 4.68. The van der Waals surface area contributed by atoms with Crippen LogP contribution in [0.2, 0.25) is 0 Å². The normalized spacial score (nSPS) is 20.9. The molecule has 1 aromatic rings. The summed E-state index contributed by atoms with van der Waals surface area (Å²) in [6, 6.07) is 9.80. The van der Waals surface area contributed by atoms with E-state index in [0.29, 0.717) is 19.6 Å². The van der Waals surface area contributed by atoms with Crippen LogP contribution in [0.25, 0.3) is 0 Å². The SMILES string of the molecule is O=C1OCC[C@@H]1OCc1ccccc1. The first kappa shape index (κ1) is 9.21. The maximum Gasteiger partial charge on any atom is 0.335 e. The molecule has 2 rings (SSSR count). The van der Waals surface area contributed by atoms with Crippen LogP contribution in [0.3, 0.4) is 0 Å².